The lowest BCUT2D eigenvalue weighted by Crippen LogP contribution is -2.41. The molecule has 0 saturated carbocycles. The molecule has 1 saturated heterocycles. The quantitative estimate of drug-likeness (QED) is 0.621. The van der Waals surface area contributed by atoms with Crippen molar-refractivity contribution in [1.29, 1.82) is 0 Å². The first-order valence-corrected chi connectivity index (χ1v) is 6.47. The van der Waals surface area contributed by atoms with Crippen LogP contribution >= 0.6 is 0 Å². The first kappa shape index (κ1) is 13.5. The number of carbonyl (C=O) groups is 1. The van der Waals surface area contributed by atoms with Gasteiger partial charge in [-0.1, -0.05) is 12.1 Å². The summed E-state index contributed by atoms with van der Waals surface area (Å²) in [7, 11) is 0. The Labute approximate surface area is 112 Å². The van der Waals surface area contributed by atoms with Gasteiger partial charge in [-0.15, -0.1) is 0 Å². The predicted molar refractivity (Wildman–Crippen MR) is 71.9 cm³/mol. The summed E-state index contributed by atoms with van der Waals surface area (Å²) in [5, 5.41) is 10.6. The van der Waals surface area contributed by atoms with Gasteiger partial charge in [0.25, 0.3) is 5.69 Å². The lowest BCUT2D eigenvalue weighted by atomic mass is 9.83. The maximum atomic E-state index is 12.5. The summed E-state index contributed by atoms with van der Waals surface area (Å²) in [5.74, 6) is 0.0962. The molecule has 19 heavy (non-hydrogen) atoms. The van der Waals surface area contributed by atoms with E-state index in [0.717, 1.165) is 31.5 Å². The van der Waals surface area contributed by atoms with Crippen LogP contribution in [0.15, 0.2) is 24.3 Å². The molecule has 0 N–H and O–H groups in total. The second kappa shape index (κ2) is 4.99. The molecule has 1 aromatic carbocycles. The number of benzene rings is 1. The van der Waals surface area contributed by atoms with Gasteiger partial charge in [0.2, 0.25) is 5.91 Å². The van der Waals surface area contributed by atoms with E-state index in [0.29, 0.717) is 0 Å². The molecule has 2 rings (SSSR count). The van der Waals surface area contributed by atoms with Gasteiger partial charge in [-0.2, -0.15) is 0 Å². The van der Waals surface area contributed by atoms with Gasteiger partial charge in [-0.05, 0) is 32.3 Å². The Bertz CT molecular complexity index is 488. The summed E-state index contributed by atoms with van der Waals surface area (Å²) in [6.07, 6.45) is 2.12. The summed E-state index contributed by atoms with van der Waals surface area (Å²) < 4.78 is 0. The number of rotatable bonds is 3. The predicted octanol–water partition coefficient (Wildman–Crippen LogP) is 2.49. The van der Waals surface area contributed by atoms with Crippen molar-refractivity contribution in [2.75, 3.05) is 13.1 Å². The lowest BCUT2D eigenvalue weighted by molar-refractivity contribution is -0.384. The minimum atomic E-state index is -0.639. The van der Waals surface area contributed by atoms with Gasteiger partial charge in [0.05, 0.1) is 10.3 Å². The molecule has 0 radical (unpaired) electrons. The Morgan fingerprint density at radius 2 is 1.74 bits per heavy atom. The average Bonchev–Trinajstić information content (AvgIpc) is 2.91. The van der Waals surface area contributed by atoms with E-state index in [9.17, 15) is 14.9 Å². The van der Waals surface area contributed by atoms with Crippen LogP contribution in [-0.2, 0) is 10.2 Å². The second-order valence-corrected chi connectivity index (χ2v) is 5.43. The molecular weight excluding hydrogens is 244 g/mol. The summed E-state index contributed by atoms with van der Waals surface area (Å²) in [4.78, 5) is 24.6. The van der Waals surface area contributed by atoms with Crippen LogP contribution < -0.4 is 0 Å². The van der Waals surface area contributed by atoms with E-state index in [1.165, 1.54) is 12.1 Å². The Kier molecular flexibility index (Phi) is 3.55. The van der Waals surface area contributed by atoms with E-state index >= 15 is 0 Å². The van der Waals surface area contributed by atoms with Gasteiger partial charge >= 0.3 is 0 Å². The van der Waals surface area contributed by atoms with Crippen molar-refractivity contribution >= 4 is 11.6 Å². The number of non-ortho nitro benzene ring substituents is 1. The van der Waals surface area contributed by atoms with Gasteiger partial charge in [0.15, 0.2) is 0 Å². The zero-order valence-corrected chi connectivity index (χ0v) is 11.3. The summed E-state index contributed by atoms with van der Waals surface area (Å²) in [5.41, 5.74) is 0.225. The highest BCUT2D eigenvalue weighted by molar-refractivity contribution is 5.87. The first-order chi connectivity index (χ1) is 8.93. The number of hydrogen-bond donors (Lipinski definition) is 0. The highest BCUT2D eigenvalue weighted by atomic mass is 16.6. The van der Waals surface area contributed by atoms with Crippen LogP contribution in [-0.4, -0.2) is 28.8 Å². The lowest BCUT2D eigenvalue weighted by Gasteiger charge is -2.29. The maximum absolute atomic E-state index is 12.5. The number of nitro benzene ring substituents is 1. The van der Waals surface area contributed by atoms with E-state index in [1.807, 2.05) is 18.7 Å². The third-order valence-electron chi connectivity index (χ3n) is 3.73. The average molecular weight is 262 g/mol. The minimum absolute atomic E-state index is 0.0492. The molecular formula is C14H18N2O3. The van der Waals surface area contributed by atoms with Crippen LogP contribution in [0.2, 0.25) is 0 Å². The Hall–Kier alpha value is -1.91. The van der Waals surface area contributed by atoms with Crippen LogP contribution in [0, 0.1) is 10.1 Å². The summed E-state index contributed by atoms with van der Waals surface area (Å²) in [6.45, 7) is 5.37. The number of nitro groups is 1. The Morgan fingerprint density at radius 1 is 1.21 bits per heavy atom. The van der Waals surface area contributed by atoms with Gasteiger partial charge < -0.3 is 4.90 Å². The van der Waals surface area contributed by atoms with Crippen molar-refractivity contribution in [2.45, 2.75) is 32.1 Å². The molecule has 5 nitrogen and oxygen atoms in total. The topological polar surface area (TPSA) is 63.5 Å². The smallest absolute Gasteiger partial charge is 0.269 e. The SMILES string of the molecule is CC(C)(C(=O)N1CCCC1)c1ccc([N+](=O)[O-])cc1. The van der Waals surface area contributed by atoms with E-state index < -0.39 is 10.3 Å². The molecule has 0 aliphatic carbocycles. The van der Waals surface area contributed by atoms with Crippen LogP contribution in [0.4, 0.5) is 5.69 Å². The molecule has 1 aliphatic heterocycles. The highest BCUT2D eigenvalue weighted by Gasteiger charge is 2.34. The fraction of sp³-hybridized carbons (Fsp3) is 0.500. The van der Waals surface area contributed by atoms with Crippen molar-refractivity contribution in [3.8, 4) is 0 Å². The van der Waals surface area contributed by atoms with Crippen molar-refractivity contribution in [2.24, 2.45) is 0 Å². The third-order valence-corrected chi connectivity index (χ3v) is 3.73. The summed E-state index contributed by atoms with van der Waals surface area (Å²) in [6, 6.07) is 6.25. The number of likely N-dealkylation sites (tertiary alicyclic amines) is 1. The molecule has 1 heterocycles. The van der Waals surface area contributed by atoms with Crippen molar-refractivity contribution in [3.05, 3.63) is 39.9 Å². The van der Waals surface area contributed by atoms with Crippen LogP contribution in [0.5, 0.6) is 0 Å². The fourth-order valence-corrected chi connectivity index (χ4v) is 2.44. The van der Waals surface area contributed by atoms with E-state index in [1.54, 1.807) is 12.1 Å². The van der Waals surface area contributed by atoms with E-state index in [2.05, 4.69) is 0 Å². The van der Waals surface area contributed by atoms with Crippen LogP contribution in [0.3, 0.4) is 0 Å². The molecule has 1 fully saturated rings. The Balaban J connectivity index is 2.22. The number of carbonyl (C=O) groups excluding carboxylic acids is 1. The molecule has 1 amide bonds. The molecule has 0 spiro atoms. The third kappa shape index (κ3) is 2.59. The van der Waals surface area contributed by atoms with Crippen molar-refractivity contribution < 1.29 is 9.72 Å². The van der Waals surface area contributed by atoms with Gasteiger partial charge in [0, 0.05) is 25.2 Å². The van der Waals surface area contributed by atoms with Crippen molar-refractivity contribution in [3.63, 3.8) is 0 Å². The molecule has 0 atom stereocenters. The van der Waals surface area contributed by atoms with Gasteiger partial charge in [-0.25, -0.2) is 0 Å². The van der Waals surface area contributed by atoms with Crippen LogP contribution in [0.25, 0.3) is 0 Å². The van der Waals surface area contributed by atoms with Crippen LogP contribution in [0.1, 0.15) is 32.3 Å². The standard InChI is InChI=1S/C14H18N2O3/c1-14(2,13(17)15-9-3-4-10-15)11-5-7-12(8-6-11)16(18)19/h5-8H,3-4,9-10H2,1-2H3. The second-order valence-electron chi connectivity index (χ2n) is 5.43. The molecule has 1 aliphatic rings. The molecule has 0 unspecified atom stereocenters. The minimum Gasteiger partial charge on any atom is -0.342 e. The zero-order chi connectivity index (χ0) is 14.0. The highest BCUT2D eigenvalue weighted by Crippen LogP contribution is 2.28. The molecule has 102 valence electrons. The number of nitrogens with zero attached hydrogens (tertiary/aromatic N) is 2. The van der Waals surface area contributed by atoms with Gasteiger partial charge in [0.1, 0.15) is 0 Å². The zero-order valence-electron chi connectivity index (χ0n) is 11.3. The van der Waals surface area contributed by atoms with E-state index in [4.69, 9.17) is 0 Å². The number of hydrogen-bond acceptors (Lipinski definition) is 3. The molecule has 0 bridgehead atoms. The van der Waals surface area contributed by atoms with Gasteiger partial charge in [-0.3, -0.25) is 14.9 Å². The monoisotopic (exact) mass is 262 g/mol. The Morgan fingerprint density at radius 3 is 2.21 bits per heavy atom. The molecule has 0 aromatic heterocycles. The largest absolute Gasteiger partial charge is 0.342 e. The normalized spacial score (nSPS) is 15.6. The number of amides is 1. The molecule has 5 heteroatoms. The first-order valence-electron chi connectivity index (χ1n) is 6.47. The molecule has 1 aromatic rings. The van der Waals surface area contributed by atoms with Crippen molar-refractivity contribution in [1.82, 2.24) is 4.90 Å². The fourth-order valence-electron chi connectivity index (χ4n) is 2.44. The van der Waals surface area contributed by atoms with E-state index in [-0.39, 0.29) is 11.6 Å². The summed E-state index contributed by atoms with van der Waals surface area (Å²) >= 11 is 0. The maximum Gasteiger partial charge on any atom is 0.269 e.